The van der Waals surface area contributed by atoms with Crippen LogP contribution in [0.15, 0.2) is 0 Å². The Bertz CT molecular complexity index is 209. The van der Waals surface area contributed by atoms with E-state index in [1.165, 1.54) is 0 Å². The van der Waals surface area contributed by atoms with E-state index in [2.05, 4.69) is 0 Å². The van der Waals surface area contributed by atoms with Crippen molar-refractivity contribution in [2.24, 2.45) is 5.73 Å². The van der Waals surface area contributed by atoms with Crippen molar-refractivity contribution >= 4 is 5.91 Å². The van der Waals surface area contributed by atoms with Crippen molar-refractivity contribution in [3.05, 3.63) is 0 Å². The van der Waals surface area contributed by atoms with E-state index in [9.17, 15) is 18.0 Å². The molecule has 0 bridgehead atoms. The third-order valence-corrected chi connectivity index (χ3v) is 1.94. The average Bonchev–Trinajstić information content (AvgIpc) is 2.15. The van der Waals surface area contributed by atoms with Crippen molar-refractivity contribution in [3.63, 3.8) is 0 Å². The van der Waals surface area contributed by atoms with E-state index in [4.69, 9.17) is 10.8 Å². The number of aliphatic hydroxyl groups is 1. The van der Waals surface area contributed by atoms with Crippen LogP contribution in [-0.2, 0) is 4.79 Å². The van der Waals surface area contributed by atoms with Crippen LogP contribution in [0.25, 0.3) is 0 Å². The first-order valence-electron chi connectivity index (χ1n) is 5.06. The molecule has 7 heteroatoms. The van der Waals surface area contributed by atoms with Crippen molar-refractivity contribution in [1.29, 1.82) is 0 Å². The third-order valence-electron chi connectivity index (χ3n) is 1.94. The van der Waals surface area contributed by atoms with Gasteiger partial charge in [-0.3, -0.25) is 4.79 Å². The predicted octanol–water partition coefficient (Wildman–Crippen LogP) is 0.499. The molecule has 96 valence electrons. The summed E-state index contributed by atoms with van der Waals surface area (Å²) in [4.78, 5) is 12.0. The Morgan fingerprint density at radius 2 is 1.94 bits per heavy atom. The number of amides is 1. The summed E-state index contributed by atoms with van der Waals surface area (Å²) in [6.45, 7) is -1.67. The van der Waals surface area contributed by atoms with Crippen LogP contribution in [0.3, 0.4) is 0 Å². The molecule has 0 aromatic carbocycles. The number of carbonyl (C=O) groups excluding carboxylic acids is 1. The topological polar surface area (TPSA) is 66.6 Å². The number of hydrogen-bond donors (Lipinski definition) is 2. The molecule has 4 nitrogen and oxygen atoms in total. The molecule has 16 heavy (non-hydrogen) atoms. The van der Waals surface area contributed by atoms with Crippen LogP contribution in [0.5, 0.6) is 0 Å². The Morgan fingerprint density at radius 3 is 2.38 bits per heavy atom. The summed E-state index contributed by atoms with van der Waals surface area (Å²) >= 11 is 0. The summed E-state index contributed by atoms with van der Waals surface area (Å²) < 4.78 is 36.2. The minimum absolute atomic E-state index is 0.0350. The minimum atomic E-state index is -4.43. The highest BCUT2D eigenvalue weighted by Crippen LogP contribution is 2.17. The zero-order chi connectivity index (χ0) is 12.6. The van der Waals surface area contributed by atoms with E-state index >= 15 is 0 Å². The highest BCUT2D eigenvalue weighted by atomic mass is 19.4. The minimum Gasteiger partial charge on any atom is -0.395 e. The average molecular weight is 242 g/mol. The molecule has 0 aliphatic heterocycles. The second kappa shape index (κ2) is 7.45. The molecule has 0 atom stereocenters. The summed E-state index contributed by atoms with van der Waals surface area (Å²) in [7, 11) is 0. The van der Waals surface area contributed by atoms with Gasteiger partial charge in [0, 0.05) is 13.0 Å². The standard InChI is InChI=1S/C9H17F3N2O2/c10-9(11,12)7-14(5-6-15)8(16)3-1-2-4-13/h15H,1-7,13H2. The molecule has 0 saturated carbocycles. The molecule has 0 saturated heterocycles. The molecule has 0 rings (SSSR count). The van der Waals surface area contributed by atoms with Gasteiger partial charge in [0.25, 0.3) is 0 Å². The fraction of sp³-hybridized carbons (Fsp3) is 0.889. The molecule has 0 fully saturated rings. The highest BCUT2D eigenvalue weighted by molar-refractivity contribution is 5.76. The fourth-order valence-electron chi connectivity index (χ4n) is 1.21. The van der Waals surface area contributed by atoms with Gasteiger partial charge in [-0.15, -0.1) is 0 Å². The summed E-state index contributed by atoms with van der Waals surface area (Å²) in [6.07, 6.45) is -3.33. The lowest BCUT2D eigenvalue weighted by Gasteiger charge is -2.23. The molecule has 0 aromatic rings. The number of halogens is 3. The number of aliphatic hydroxyl groups excluding tert-OH is 1. The van der Waals surface area contributed by atoms with Gasteiger partial charge in [-0.05, 0) is 19.4 Å². The van der Waals surface area contributed by atoms with Crippen LogP contribution in [0.4, 0.5) is 13.2 Å². The predicted molar refractivity (Wildman–Crippen MR) is 52.6 cm³/mol. The summed E-state index contributed by atoms with van der Waals surface area (Å²) in [5.41, 5.74) is 5.21. The van der Waals surface area contributed by atoms with Gasteiger partial charge in [-0.25, -0.2) is 0 Å². The van der Waals surface area contributed by atoms with Crippen LogP contribution in [-0.4, -0.2) is 48.3 Å². The SMILES string of the molecule is NCCCCC(=O)N(CCO)CC(F)(F)F. The third kappa shape index (κ3) is 7.47. The van der Waals surface area contributed by atoms with Gasteiger partial charge in [0.05, 0.1) is 6.61 Å². The number of nitrogens with zero attached hydrogens (tertiary/aromatic N) is 1. The molecule has 0 unspecified atom stereocenters. The molecule has 0 heterocycles. The second-order valence-corrected chi connectivity index (χ2v) is 3.40. The van der Waals surface area contributed by atoms with Crippen LogP contribution in [0.1, 0.15) is 19.3 Å². The second-order valence-electron chi connectivity index (χ2n) is 3.40. The van der Waals surface area contributed by atoms with Crippen molar-refractivity contribution < 1.29 is 23.1 Å². The van der Waals surface area contributed by atoms with E-state index in [1.807, 2.05) is 0 Å². The summed E-state index contributed by atoms with van der Waals surface area (Å²) in [5, 5.41) is 8.57. The molecule has 1 amide bonds. The van der Waals surface area contributed by atoms with Gasteiger partial charge in [-0.2, -0.15) is 13.2 Å². The number of unbranched alkanes of at least 4 members (excludes halogenated alkanes) is 1. The maximum absolute atomic E-state index is 12.1. The highest BCUT2D eigenvalue weighted by Gasteiger charge is 2.32. The first-order valence-corrected chi connectivity index (χ1v) is 5.06. The van der Waals surface area contributed by atoms with E-state index < -0.39 is 25.2 Å². The van der Waals surface area contributed by atoms with E-state index in [1.54, 1.807) is 0 Å². The molecule has 0 aromatic heterocycles. The quantitative estimate of drug-likeness (QED) is 0.639. The largest absolute Gasteiger partial charge is 0.406 e. The molecule has 0 spiro atoms. The molecular weight excluding hydrogens is 225 g/mol. The zero-order valence-corrected chi connectivity index (χ0v) is 8.96. The van der Waals surface area contributed by atoms with Gasteiger partial charge in [0.2, 0.25) is 5.91 Å². The van der Waals surface area contributed by atoms with Crippen molar-refractivity contribution in [1.82, 2.24) is 4.90 Å². The Morgan fingerprint density at radius 1 is 1.31 bits per heavy atom. The Hall–Kier alpha value is -0.820. The molecular formula is C9H17F3N2O2. The van der Waals surface area contributed by atoms with E-state index in [0.717, 1.165) is 0 Å². The lowest BCUT2D eigenvalue weighted by atomic mass is 10.2. The monoisotopic (exact) mass is 242 g/mol. The van der Waals surface area contributed by atoms with Crippen LogP contribution >= 0.6 is 0 Å². The Labute approximate surface area is 92.2 Å². The van der Waals surface area contributed by atoms with Crippen LogP contribution in [0.2, 0.25) is 0 Å². The smallest absolute Gasteiger partial charge is 0.395 e. The Balaban J connectivity index is 4.13. The van der Waals surface area contributed by atoms with Gasteiger partial charge < -0.3 is 15.7 Å². The maximum atomic E-state index is 12.1. The first-order chi connectivity index (χ1) is 7.40. The van der Waals surface area contributed by atoms with E-state index in [0.29, 0.717) is 24.3 Å². The molecule has 0 aliphatic rings. The maximum Gasteiger partial charge on any atom is 0.406 e. The Kier molecular flexibility index (Phi) is 7.07. The van der Waals surface area contributed by atoms with Gasteiger partial charge in [0.1, 0.15) is 6.54 Å². The number of alkyl halides is 3. The van der Waals surface area contributed by atoms with Gasteiger partial charge in [0.15, 0.2) is 0 Å². The van der Waals surface area contributed by atoms with Gasteiger partial charge >= 0.3 is 6.18 Å². The van der Waals surface area contributed by atoms with Gasteiger partial charge in [-0.1, -0.05) is 0 Å². The number of hydrogen-bond acceptors (Lipinski definition) is 3. The van der Waals surface area contributed by atoms with Crippen LogP contribution < -0.4 is 5.73 Å². The van der Waals surface area contributed by atoms with Crippen LogP contribution in [0, 0.1) is 0 Å². The van der Waals surface area contributed by atoms with Crippen molar-refractivity contribution in [2.75, 3.05) is 26.2 Å². The van der Waals surface area contributed by atoms with Crippen molar-refractivity contribution in [2.45, 2.75) is 25.4 Å². The lowest BCUT2D eigenvalue weighted by Crippen LogP contribution is -2.40. The first kappa shape index (κ1) is 15.2. The number of rotatable bonds is 7. The molecule has 0 radical (unpaired) electrons. The normalized spacial score (nSPS) is 11.6. The summed E-state index contributed by atoms with van der Waals surface area (Å²) in [6, 6.07) is 0. The lowest BCUT2D eigenvalue weighted by molar-refractivity contribution is -0.162. The number of nitrogens with two attached hydrogens (primary N) is 1. The zero-order valence-electron chi connectivity index (χ0n) is 8.96. The summed E-state index contributed by atoms with van der Waals surface area (Å²) in [5.74, 6) is -0.597. The number of carbonyl (C=O) groups is 1. The van der Waals surface area contributed by atoms with E-state index in [-0.39, 0.29) is 13.0 Å². The fourth-order valence-corrected chi connectivity index (χ4v) is 1.21. The molecule has 0 aliphatic carbocycles. The van der Waals surface area contributed by atoms with Crippen molar-refractivity contribution in [3.8, 4) is 0 Å². The molecule has 3 N–H and O–H groups in total.